The number of azide groups is 1. The van der Waals surface area contributed by atoms with Crippen molar-refractivity contribution < 1.29 is 19.7 Å². The molecule has 0 amide bonds. The Kier molecular flexibility index (Phi) is 5.79. The molecule has 8 nitrogen and oxygen atoms in total. The zero-order valence-electron chi connectivity index (χ0n) is 10.9. The van der Waals surface area contributed by atoms with Gasteiger partial charge in [0.25, 0.3) is 0 Å². The smallest absolute Gasteiger partial charge is 0.338 e. The lowest BCUT2D eigenvalue weighted by molar-refractivity contribution is 0.0139. The SMILES string of the molecule is COC(=O)c1cc(N)ccc1C(O)C(O)CCN=[N+]=[N-]. The number of esters is 1. The molecular formula is C12H16N4O4. The number of hydrogen-bond acceptors (Lipinski definition) is 6. The number of aliphatic hydroxyl groups excluding tert-OH is 2. The van der Waals surface area contributed by atoms with Crippen molar-refractivity contribution in [3.8, 4) is 0 Å². The number of hydrogen-bond donors (Lipinski definition) is 3. The van der Waals surface area contributed by atoms with Gasteiger partial charge in [0, 0.05) is 17.1 Å². The first-order chi connectivity index (χ1) is 9.51. The molecule has 0 saturated heterocycles. The largest absolute Gasteiger partial charge is 0.465 e. The molecule has 1 rings (SSSR count). The second-order valence-corrected chi connectivity index (χ2v) is 4.09. The summed E-state index contributed by atoms with van der Waals surface area (Å²) >= 11 is 0. The number of nitrogens with zero attached hydrogens (tertiary/aromatic N) is 3. The fraction of sp³-hybridized carbons (Fsp3) is 0.417. The minimum atomic E-state index is -1.31. The Labute approximate surface area is 115 Å². The third-order valence-corrected chi connectivity index (χ3v) is 2.75. The van der Waals surface area contributed by atoms with Gasteiger partial charge in [-0.2, -0.15) is 0 Å². The fourth-order valence-corrected chi connectivity index (χ4v) is 1.72. The molecule has 0 aliphatic heterocycles. The van der Waals surface area contributed by atoms with Gasteiger partial charge in [0.2, 0.25) is 0 Å². The molecule has 8 heteroatoms. The number of ether oxygens (including phenoxy) is 1. The van der Waals surface area contributed by atoms with Gasteiger partial charge in [0.1, 0.15) is 6.10 Å². The molecule has 2 unspecified atom stereocenters. The van der Waals surface area contributed by atoms with E-state index in [0.717, 1.165) is 0 Å². The maximum absolute atomic E-state index is 11.6. The first-order valence-corrected chi connectivity index (χ1v) is 5.86. The van der Waals surface area contributed by atoms with E-state index in [-0.39, 0.29) is 24.1 Å². The third kappa shape index (κ3) is 3.86. The predicted molar refractivity (Wildman–Crippen MR) is 71.8 cm³/mol. The number of nitrogen functional groups attached to an aromatic ring is 1. The van der Waals surface area contributed by atoms with Crippen molar-refractivity contribution in [3.05, 3.63) is 39.8 Å². The average molecular weight is 280 g/mol. The first kappa shape index (κ1) is 15.8. The van der Waals surface area contributed by atoms with Crippen LogP contribution in [0.1, 0.15) is 28.4 Å². The van der Waals surface area contributed by atoms with Crippen LogP contribution in [-0.2, 0) is 4.74 Å². The van der Waals surface area contributed by atoms with Crippen molar-refractivity contribution in [2.24, 2.45) is 5.11 Å². The summed E-state index contributed by atoms with van der Waals surface area (Å²) in [6.45, 7) is 0.0389. The van der Waals surface area contributed by atoms with Crippen LogP contribution in [0.15, 0.2) is 23.3 Å². The minimum absolute atomic E-state index is 0.0389. The number of carbonyl (C=O) groups is 1. The van der Waals surface area contributed by atoms with Crippen LogP contribution in [0.4, 0.5) is 5.69 Å². The third-order valence-electron chi connectivity index (χ3n) is 2.75. The van der Waals surface area contributed by atoms with E-state index in [1.54, 1.807) is 0 Å². The molecule has 0 aliphatic carbocycles. The van der Waals surface area contributed by atoms with E-state index in [1.807, 2.05) is 0 Å². The number of anilines is 1. The van der Waals surface area contributed by atoms with E-state index >= 15 is 0 Å². The Bertz CT molecular complexity index is 528. The highest BCUT2D eigenvalue weighted by Crippen LogP contribution is 2.25. The zero-order valence-corrected chi connectivity index (χ0v) is 10.9. The molecular weight excluding hydrogens is 264 g/mol. The van der Waals surface area contributed by atoms with Gasteiger partial charge in [-0.25, -0.2) is 4.79 Å². The van der Waals surface area contributed by atoms with E-state index in [1.165, 1.54) is 25.3 Å². The van der Waals surface area contributed by atoms with Crippen molar-refractivity contribution in [3.63, 3.8) is 0 Å². The van der Waals surface area contributed by atoms with Crippen LogP contribution in [0.25, 0.3) is 10.4 Å². The second-order valence-electron chi connectivity index (χ2n) is 4.09. The Morgan fingerprint density at radius 1 is 1.55 bits per heavy atom. The van der Waals surface area contributed by atoms with Gasteiger partial charge < -0.3 is 20.7 Å². The number of benzene rings is 1. The van der Waals surface area contributed by atoms with E-state index in [0.29, 0.717) is 5.69 Å². The summed E-state index contributed by atoms with van der Waals surface area (Å²) in [4.78, 5) is 14.2. The van der Waals surface area contributed by atoms with Gasteiger partial charge in [-0.15, -0.1) is 0 Å². The standard InChI is InChI=1S/C12H16N4O4/c1-20-12(19)9-6-7(13)2-3-8(9)11(18)10(17)4-5-15-16-14/h2-3,6,10-11,17-18H,4-5,13H2,1H3. The maximum Gasteiger partial charge on any atom is 0.338 e. The lowest BCUT2D eigenvalue weighted by atomic mass is 9.96. The van der Waals surface area contributed by atoms with Crippen molar-refractivity contribution in [2.75, 3.05) is 19.4 Å². The van der Waals surface area contributed by atoms with Gasteiger partial charge in [-0.1, -0.05) is 11.2 Å². The summed E-state index contributed by atoms with van der Waals surface area (Å²) in [6.07, 6.45) is -2.41. The quantitative estimate of drug-likeness (QED) is 0.235. The van der Waals surface area contributed by atoms with Gasteiger partial charge in [0.05, 0.1) is 18.8 Å². The Hall–Kier alpha value is -2.28. The molecule has 0 fully saturated rings. The van der Waals surface area contributed by atoms with E-state index < -0.39 is 18.2 Å². The van der Waals surface area contributed by atoms with Gasteiger partial charge in [0.15, 0.2) is 0 Å². The first-order valence-electron chi connectivity index (χ1n) is 5.86. The highest BCUT2D eigenvalue weighted by atomic mass is 16.5. The molecule has 1 aromatic carbocycles. The molecule has 108 valence electrons. The van der Waals surface area contributed by atoms with Crippen molar-refractivity contribution >= 4 is 11.7 Å². The Morgan fingerprint density at radius 3 is 2.85 bits per heavy atom. The number of aliphatic hydroxyl groups is 2. The topological polar surface area (TPSA) is 142 Å². The van der Waals surface area contributed by atoms with Crippen molar-refractivity contribution in [2.45, 2.75) is 18.6 Å². The van der Waals surface area contributed by atoms with Gasteiger partial charge in [-0.05, 0) is 29.6 Å². The highest BCUT2D eigenvalue weighted by Gasteiger charge is 2.24. The van der Waals surface area contributed by atoms with E-state index in [2.05, 4.69) is 14.8 Å². The lowest BCUT2D eigenvalue weighted by Crippen LogP contribution is -2.22. The lowest BCUT2D eigenvalue weighted by Gasteiger charge is -2.19. The van der Waals surface area contributed by atoms with Crippen LogP contribution in [0.3, 0.4) is 0 Å². The summed E-state index contributed by atoms with van der Waals surface area (Å²) in [5.74, 6) is -0.659. The monoisotopic (exact) mass is 280 g/mol. The maximum atomic E-state index is 11.6. The number of rotatable bonds is 6. The van der Waals surface area contributed by atoms with Crippen LogP contribution >= 0.6 is 0 Å². The highest BCUT2D eigenvalue weighted by molar-refractivity contribution is 5.92. The van der Waals surface area contributed by atoms with E-state index in [4.69, 9.17) is 11.3 Å². The van der Waals surface area contributed by atoms with Crippen LogP contribution in [0, 0.1) is 0 Å². The van der Waals surface area contributed by atoms with Crippen LogP contribution in [0.5, 0.6) is 0 Å². The molecule has 0 heterocycles. The van der Waals surface area contributed by atoms with Crippen LogP contribution in [0.2, 0.25) is 0 Å². The summed E-state index contributed by atoms with van der Waals surface area (Å²) in [6, 6.07) is 4.32. The van der Waals surface area contributed by atoms with E-state index in [9.17, 15) is 15.0 Å². The summed E-state index contributed by atoms with van der Waals surface area (Å²) < 4.78 is 4.61. The summed E-state index contributed by atoms with van der Waals surface area (Å²) in [5, 5.41) is 23.2. The summed E-state index contributed by atoms with van der Waals surface area (Å²) in [5.41, 5.74) is 14.4. The Balaban J connectivity index is 2.99. The molecule has 2 atom stereocenters. The molecule has 0 bridgehead atoms. The average Bonchev–Trinajstić information content (AvgIpc) is 2.45. The molecule has 0 radical (unpaired) electrons. The number of nitrogens with two attached hydrogens (primary N) is 1. The van der Waals surface area contributed by atoms with Crippen molar-refractivity contribution in [1.82, 2.24) is 0 Å². The predicted octanol–water partition coefficient (Wildman–Crippen LogP) is 1.15. The van der Waals surface area contributed by atoms with Crippen LogP contribution < -0.4 is 5.73 Å². The Morgan fingerprint density at radius 2 is 2.25 bits per heavy atom. The molecule has 0 saturated carbocycles. The molecule has 0 aliphatic rings. The van der Waals surface area contributed by atoms with Gasteiger partial charge in [-0.3, -0.25) is 0 Å². The number of carbonyl (C=O) groups excluding carboxylic acids is 1. The van der Waals surface area contributed by atoms with Crippen molar-refractivity contribution in [1.29, 1.82) is 0 Å². The second kappa shape index (κ2) is 7.34. The normalized spacial score (nSPS) is 13.2. The van der Waals surface area contributed by atoms with Crippen LogP contribution in [-0.4, -0.2) is 35.9 Å². The molecule has 1 aromatic rings. The fourth-order valence-electron chi connectivity index (χ4n) is 1.72. The molecule has 0 aromatic heterocycles. The molecule has 0 spiro atoms. The molecule has 20 heavy (non-hydrogen) atoms. The summed E-state index contributed by atoms with van der Waals surface area (Å²) in [7, 11) is 1.21. The molecule has 4 N–H and O–H groups in total. The minimum Gasteiger partial charge on any atom is -0.465 e. The number of methoxy groups -OCH3 is 1. The van der Waals surface area contributed by atoms with Gasteiger partial charge >= 0.3 is 5.97 Å². The zero-order chi connectivity index (χ0) is 15.1.